The zero-order valence-electron chi connectivity index (χ0n) is 10.7. The van der Waals surface area contributed by atoms with E-state index >= 15 is 0 Å². The second-order valence-electron chi connectivity index (χ2n) is 5.37. The third-order valence-electron chi connectivity index (χ3n) is 2.66. The molecule has 0 spiro atoms. The summed E-state index contributed by atoms with van der Waals surface area (Å²) in [6, 6.07) is 0. The Kier molecular flexibility index (Phi) is 4.80. The number of carbonyl (C=O) groups is 2. The summed E-state index contributed by atoms with van der Waals surface area (Å²) in [4.78, 5) is 24.9. The highest BCUT2D eigenvalue weighted by Gasteiger charge is 2.30. The van der Waals surface area contributed by atoms with Gasteiger partial charge in [-0.3, -0.25) is 4.79 Å². The molecule has 1 heterocycles. The predicted octanol–water partition coefficient (Wildman–Crippen LogP) is 2.44. The number of amides is 1. The Morgan fingerprint density at radius 2 is 2.06 bits per heavy atom. The average Bonchev–Trinajstić information content (AvgIpc) is 2.26. The van der Waals surface area contributed by atoms with Gasteiger partial charge < -0.3 is 9.64 Å². The van der Waals surface area contributed by atoms with Crippen LogP contribution < -0.4 is 0 Å². The molecule has 0 aromatic carbocycles. The van der Waals surface area contributed by atoms with Gasteiger partial charge in [0, 0.05) is 19.0 Å². The number of likely N-dealkylation sites (tertiary alicyclic amines) is 1. The van der Waals surface area contributed by atoms with E-state index in [4.69, 9.17) is 16.3 Å². The van der Waals surface area contributed by atoms with Crippen molar-refractivity contribution >= 4 is 23.5 Å². The SMILES string of the molecule is CC(C)(C)OC(=O)N1CCC[C@@H](C(=O)CCl)C1. The van der Waals surface area contributed by atoms with Gasteiger partial charge in [0.05, 0.1) is 5.88 Å². The smallest absolute Gasteiger partial charge is 0.410 e. The van der Waals surface area contributed by atoms with Crippen LogP contribution in [0.4, 0.5) is 4.79 Å². The van der Waals surface area contributed by atoms with Crippen LogP contribution in [-0.4, -0.2) is 41.3 Å². The van der Waals surface area contributed by atoms with Crippen molar-refractivity contribution in [2.45, 2.75) is 39.2 Å². The standard InChI is InChI=1S/C12H20ClNO3/c1-12(2,3)17-11(16)14-6-4-5-9(8-14)10(15)7-13/h9H,4-8H2,1-3H3/t9-/m1/s1. The maximum Gasteiger partial charge on any atom is 0.410 e. The van der Waals surface area contributed by atoms with Crippen molar-refractivity contribution in [2.24, 2.45) is 5.92 Å². The van der Waals surface area contributed by atoms with E-state index in [0.29, 0.717) is 13.1 Å². The summed E-state index contributed by atoms with van der Waals surface area (Å²) in [6.45, 7) is 6.57. The second-order valence-corrected chi connectivity index (χ2v) is 5.63. The van der Waals surface area contributed by atoms with Crippen LogP contribution >= 0.6 is 11.6 Å². The highest BCUT2D eigenvalue weighted by molar-refractivity contribution is 6.27. The fraction of sp³-hybridized carbons (Fsp3) is 0.833. The average molecular weight is 262 g/mol. The normalized spacial score (nSPS) is 21.2. The molecule has 0 bridgehead atoms. The van der Waals surface area contributed by atoms with Crippen molar-refractivity contribution in [3.8, 4) is 0 Å². The zero-order valence-corrected chi connectivity index (χ0v) is 11.4. The lowest BCUT2D eigenvalue weighted by molar-refractivity contribution is -0.121. The molecule has 0 N–H and O–H groups in total. The molecule has 0 aromatic rings. The van der Waals surface area contributed by atoms with Gasteiger partial charge in [-0.2, -0.15) is 0 Å². The first-order chi connectivity index (χ1) is 7.83. The van der Waals surface area contributed by atoms with Crippen LogP contribution in [0.2, 0.25) is 0 Å². The molecular formula is C12H20ClNO3. The quantitative estimate of drug-likeness (QED) is 0.718. The summed E-state index contributed by atoms with van der Waals surface area (Å²) in [6.07, 6.45) is 1.29. The maximum absolute atomic E-state index is 11.8. The molecule has 1 aliphatic heterocycles. The highest BCUT2D eigenvalue weighted by Crippen LogP contribution is 2.20. The Balaban J connectivity index is 2.55. The van der Waals surface area contributed by atoms with E-state index < -0.39 is 5.60 Å². The van der Waals surface area contributed by atoms with Gasteiger partial charge in [-0.1, -0.05) is 0 Å². The van der Waals surface area contributed by atoms with E-state index in [1.54, 1.807) is 4.90 Å². The largest absolute Gasteiger partial charge is 0.444 e. The van der Waals surface area contributed by atoms with Gasteiger partial charge in [0.25, 0.3) is 0 Å². The van der Waals surface area contributed by atoms with E-state index in [1.165, 1.54) is 0 Å². The summed E-state index contributed by atoms with van der Waals surface area (Å²) < 4.78 is 5.28. The van der Waals surface area contributed by atoms with Crippen LogP contribution in [-0.2, 0) is 9.53 Å². The van der Waals surface area contributed by atoms with Crippen LogP contribution in [0, 0.1) is 5.92 Å². The number of halogens is 1. The van der Waals surface area contributed by atoms with Crippen molar-refractivity contribution in [1.82, 2.24) is 4.90 Å². The monoisotopic (exact) mass is 261 g/mol. The molecule has 0 radical (unpaired) electrons. The number of carbonyl (C=O) groups excluding carboxylic acids is 2. The van der Waals surface area contributed by atoms with E-state index in [0.717, 1.165) is 12.8 Å². The number of ether oxygens (including phenoxy) is 1. The molecule has 98 valence electrons. The molecular weight excluding hydrogens is 242 g/mol. The number of hydrogen-bond donors (Lipinski definition) is 0. The van der Waals surface area contributed by atoms with Gasteiger partial charge >= 0.3 is 6.09 Å². The minimum Gasteiger partial charge on any atom is -0.444 e. The molecule has 4 nitrogen and oxygen atoms in total. The van der Waals surface area contributed by atoms with Crippen LogP contribution in [0.1, 0.15) is 33.6 Å². The Hall–Kier alpha value is -0.770. The molecule has 1 fully saturated rings. The van der Waals surface area contributed by atoms with Gasteiger partial charge in [0.15, 0.2) is 5.78 Å². The summed E-state index contributed by atoms with van der Waals surface area (Å²) in [5, 5.41) is 0. The fourth-order valence-electron chi connectivity index (χ4n) is 1.84. The van der Waals surface area contributed by atoms with E-state index in [9.17, 15) is 9.59 Å². The minimum atomic E-state index is -0.499. The molecule has 0 aliphatic carbocycles. The van der Waals surface area contributed by atoms with Crippen molar-refractivity contribution < 1.29 is 14.3 Å². The number of ketones is 1. The Morgan fingerprint density at radius 3 is 2.59 bits per heavy atom. The molecule has 17 heavy (non-hydrogen) atoms. The lowest BCUT2D eigenvalue weighted by Gasteiger charge is -2.33. The summed E-state index contributed by atoms with van der Waals surface area (Å²) in [5.74, 6) is -0.0963. The van der Waals surface area contributed by atoms with Gasteiger partial charge in [-0.05, 0) is 33.6 Å². The minimum absolute atomic E-state index is 0.0138. The molecule has 5 heteroatoms. The predicted molar refractivity (Wildman–Crippen MR) is 66.3 cm³/mol. The molecule has 1 rings (SSSR count). The molecule has 1 aliphatic rings. The number of alkyl halides is 1. The molecule has 0 unspecified atom stereocenters. The summed E-state index contributed by atoms with van der Waals surface area (Å²) >= 11 is 5.53. The van der Waals surface area contributed by atoms with E-state index in [-0.39, 0.29) is 23.7 Å². The number of nitrogens with zero attached hydrogens (tertiary/aromatic N) is 1. The van der Waals surface area contributed by atoms with E-state index in [2.05, 4.69) is 0 Å². The lowest BCUT2D eigenvalue weighted by Crippen LogP contribution is -2.44. The molecule has 1 saturated heterocycles. The van der Waals surface area contributed by atoms with Crippen LogP contribution in [0.25, 0.3) is 0 Å². The van der Waals surface area contributed by atoms with Gasteiger partial charge in [-0.25, -0.2) is 4.79 Å². The van der Waals surface area contributed by atoms with Crippen molar-refractivity contribution in [3.63, 3.8) is 0 Å². The van der Waals surface area contributed by atoms with Gasteiger partial charge in [0.2, 0.25) is 0 Å². The summed E-state index contributed by atoms with van der Waals surface area (Å²) in [5.41, 5.74) is -0.499. The Morgan fingerprint density at radius 1 is 1.41 bits per heavy atom. The topological polar surface area (TPSA) is 46.6 Å². The first-order valence-electron chi connectivity index (χ1n) is 5.90. The lowest BCUT2D eigenvalue weighted by atomic mass is 9.95. The summed E-state index contributed by atoms with van der Waals surface area (Å²) in [7, 11) is 0. The first-order valence-corrected chi connectivity index (χ1v) is 6.43. The van der Waals surface area contributed by atoms with Crippen LogP contribution in [0.5, 0.6) is 0 Å². The first kappa shape index (κ1) is 14.3. The van der Waals surface area contributed by atoms with Crippen LogP contribution in [0.3, 0.4) is 0 Å². The number of rotatable bonds is 2. The molecule has 0 saturated carbocycles. The third kappa shape index (κ3) is 4.54. The molecule has 1 amide bonds. The third-order valence-corrected chi connectivity index (χ3v) is 2.92. The maximum atomic E-state index is 11.8. The number of hydrogen-bond acceptors (Lipinski definition) is 3. The van der Waals surface area contributed by atoms with Crippen LogP contribution in [0.15, 0.2) is 0 Å². The van der Waals surface area contributed by atoms with Crippen molar-refractivity contribution in [1.29, 1.82) is 0 Å². The van der Waals surface area contributed by atoms with Crippen molar-refractivity contribution in [2.75, 3.05) is 19.0 Å². The number of piperidine rings is 1. The second kappa shape index (κ2) is 5.71. The van der Waals surface area contributed by atoms with Gasteiger partial charge in [-0.15, -0.1) is 11.6 Å². The zero-order chi connectivity index (χ0) is 13.1. The Labute approximate surface area is 107 Å². The fourth-order valence-corrected chi connectivity index (χ4v) is 2.06. The van der Waals surface area contributed by atoms with E-state index in [1.807, 2.05) is 20.8 Å². The number of Topliss-reactive ketones (excluding diaryl/α,β-unsaturated/α-hetero) is 1. The molecule has 1 atom stereocenters. The molecule has 0 aromatic heterocycles. The van der Waals surface area contributed by atoms with Crippen molar-refractivity contribution in [3.05, 3.63) is 0 Å². The highest BCUT2D eigenvalue weighted by atomic mass is 35.5. The van der Waals surface area contributed by atoms with Gasteiger partial charge in [0.1, 0.15) is 5.60 Å². The Bertz CT molecular complexity index is 299.